The molecule has 2 aromatic carbocycles. The van der Waals surface area contributed by atoms with Crippen molar-refractivity contribution in [3.8, 4) is 0 Å². The Labute approximate surface area is 186 Å². The summed E-state index contributed by atoms with van der Waals surface area (Å²) in [5.41, 5.74) is 1.18. The van der Waals surface area contributed by atoms with E-state index in [9.17, 15) is 13.2 Å². The molecule has 1 aliphatic heterocycles. The van der Waals surface area contributed by atoms with Gasteiger partial charge in [0.1, 0.15) is 4.90 Å². The number of halogens is 1. The number of hydrogen-bond acceptors (Lipinski definition) is 6. The first kappa shape index (κ1) is 21.6. The Kier molecular flexibility index (Phi) is 6.16. The van der Waals surface area contributed by atoms with Crippen LogP contribution in [0.3, 0.4) is 0 Å². The van der Waals surface area contributed by atoms with Crippen LogP contribution in [0.1, 0.15) is 19.8 Å². The van der Waals surface area contributed by atoms with Crippen LogP contribution in [0.4, 0.5) is 5.69 Å². The van der Waals surface area contributed by atoms with E-state index >= 15 is 0 Å². The van der Waals surface area contributed by atoms with Gasteiger partial charge in [-0.2, -0.15) is 0 Å². The van der Waals surface area contributed by atoms with Crippen molar-refractivity contribution in [1.29, 1.82) is 0 Å². The van der Waals surface area contributed by atoms with E-state index in [1.54, 1.807) is 55.5 Å². The minimum atomic E-state index is -3.83. The van der Waals surface area contributed by atoms with Crippen molar-refractivity contribution in [2.24, 2.45) is 5.92 Å². The molecule has 6 nitrogen and oxygen atoms in total. The van der Waals surface area contributed by atoms with E-state index in [1.807, 2.05) is 4.90 Å². The third-order valence-electron chi connectivity index (χ3n) is 5.47. The smallest absolute Gasteiger partial charge is 0.310 e. The molecule has 4 rings (SSSR count). The third kappa shape index (κ3) is 4.25. The van der Waals surface area contributed by atoms with Gasteiger partial charge in [-0.25, -0.2) is 8.42 Å². The van der Waals surface area contributed by atoms with E-state index in [4.69, 9.17) is 16.3 Å². The van der Waals surface area contributed by atoms with E-state index in [-0.39, 0.29) is 21.7 Å². The van der Waals surface area contributed by atoms with Gasteiger partial charge in [-0.3, -0.25) is 9.78 Å². The fourth-order valence-electron chi connectivity index (χ4n) is 4.01. The third-order valence-corrected chi connectivity index (χ3v) is 7.47. The van der Waals surface area contributed by atoms with Gasteiger partial charge in [-0.15, -0.1) is 0 Å². The maximum absolute atomic E-state index is 13.6. The number of esters is 1. The standard InChI is InChI=1S/C23H23ClN2O4S/c1-2-30-23(27)16-7-6-12-26(15-16)22-19-13-17(24)10-11-20(19)25-14-21(22)31(28,29)18-8-4-3-5-9-18/h3-5,8-11,13-14,16H,2,6-7,12,15H2,1H3/t16-/m0/s1. The zero-order valence-electron chi connectivity index (χ0n) is 17.1. The summed E-state index contributed by atoms with van der Waals surface area (Å²) >= 11 is 6.26. The number of pyridine rings is 1. The van der Waals surface area contributed by atoms with E-state index in [2.05, 4.69) is 4.98 Å². The topological polar surface area (TPSA) is 76.6 Å². The van der Waals surface area contributed by atoms with Crippen molar-refractivity contribution < 1.29 is 17.9 Å². The molecule has 0 spiro atoms. The van der Waals surface area contributed by atoms with Crippen molar-refractivity contribution in [1.82, 2.24) is 4.98 Å². The lowest BCUT2D eigenvalue weighted by Gasteiger charge is -2.35. The molecule has 0 aliphatic carbocycles. The van der Waals surface area contributed by atoms with Gasteiger partial charge in [0.25, 0.3) is 0 Å². The number of aromatic nitrogens is 1. The van der Waals surface area contributed by atoms with Gasteiger partial charge < -0.3 is 9.64 Å². The van der Waals surface area contributed by atoms with Crippen molar-refractivity contribution in [3.05, 3.63) is 59.8 Å². The normalized spacial score (nSPS) is 17.0. The average Bonchev–Trinajstić information content (AvgIpc) is 2.79. The van der Waals surface area contributed by atoms with Crippen molar-refractivity contribution in [2.75, 3.05) is 24.6 Å². The number of carbonyl (C=O) groups is 1. The van der Waals surface area contributed by atoms with Crippen LogP contribution in [0.2, 0.25) is 5.02 Å². The Morgan fingerprint density at radius 3 is 2.74 bits per heavy atom. The number of carbonyl (C=O) groups excluding carboxylic acids is 1. The number of ether oxygens (including phenoxy) is 1. The summed E-state index contributed by atoms with van der Waals surface area (Å²) in [6, 6.07) is 13.5. The Morgan fingerprint density at radius 2 is 2.00 bits per heavy atom. The summed E-state index contributed by atoms with van der Waals surface area (Å²) in [5, 5.41) is 1.14. The summed E-state index contributed by atoms with van der Waals surface area (Å²) in [6.07, 6.45) is 2.86. The van der Waals surface area contributed by atoms with Gasteiger partial charge in [-0.1, -0.05) is 29.8 Å². The maximum atomic E-state index is 13.6. The van der Waals surface area contributed by atoms with Gasteiger partial charge in [0.2, 0.25) is 9.84 Å². The summed E-state index contributed by atoms with van der Waals surface area (Å²) in [4.78, 5) is 19.1. The molecule has 162 valence electrons. The molecule has 0 bridgehead atoms. The van der Waals surface area contributed by atoms with Crippen LogP contribution in [0.15, 0.2) is 64.5 Å². The first-order chi connectivity index (χ1) is 14.9. The molecule has 1 atom stereocenters. The van der Waals surface area contributed by atoms with E-state index < -0.39 is 9.84 Å². The first-order valence-corrected chi connectivity index (χ1v) is 12.1. The van der Waals surface area contributed by atoms with Crippen LogP contribution in [0.25, 0.3) is 10.9 Å². The number of hydrogen-bond donors (Lipinski definition) is 0. The quantitative estimate of drug-likeness (QED) is 0.524. The number of piperidine rings is 1. The highest BCUT2D eigenvalue weighted by molar-refractivity contribution is 7.91. The summed E-state index contributed by atoms with van der Waals surface area (Å²) in [6.45, 7) is 3.10. The van der Waals surface area contributed by atoms with Gasteiger partial charge >= 0.3 is 5.97 Å². The Hall–Kier alpha value is -2.64. The van der Waals surface area contributed by atoms with E-state index in [0.29, 0.717) is 47.7 Å². The highest BCUT2D eigenvalue weighted by Crippen LogP contribution is 2.38. The fourth-order valence-corrected chi connectivity index (χ4v) is 5.64. The van der Waals surface area contributed by atoms with Crippen LogP contribution in [-0.2, 0) is 19.4 Å². The number of rotatable bonds is 5. The van der Waals surface area contributed by atoms with Gasteiger partial charge in [0, 0.05) is 29.7 Å². The van der Waals surface area contributed by atoms with Crippen LogP contribution in [-0.4, -0.2) is 39.1 Å². The molecule has 1 aliphatic rings. The summed E-state index contributed by atoms with van der Waals surface area (Å²) < 4.78 is 32.3. The molecule has 0 N–H and O–H groups in total. The van der Waals surface area contributed by atoms with Gasteiger partial charge in [0.05, 0.1) is 28.6 Å². The predicted molar refractivity (Wildman–Crippen MR) is 120 cm³/mol. The Morgan fingerprint density at radius 1 is 1.23 bits per heavy atom. The number of fused-ring (bicyclic) bond motifs is 1. The maximum Gasteiger partial charge on any atom is 0.310 e. The molecule has 1 fully saturated rings. The number of nitrogens with zero attached hydrogens (tertiary/aromatic N) is 2. The molecular weight excluding hydrogens is 436 g/mol. The zero-order valence-corrected chi connectivity index (χ0v) is 18.7. The zero-order chi connectivity index (χ0) is 22.0. The molecular formula is C23H23ClN2O4S. The highest BCUT2D eigenvalue weighted by Gasteiger charge is 2.32. The molecule has 0 amide bonds. The van der Waals surface area contributed by atoms with Crippen molar-refractivity contribution in [3.63, 3.8) is 0 Å². The molecule has 0 unspecified atom stereocenters. The Balaban J connectivity index is 1.89. The lowest BCUT2D eigenvalue weighted by atomic mass is 9.97. The number of anilines is 1. The lowest BCUT2D eigenvalue weighted by molar-refractivity contribution is -0.148. The molecule has 8 heteroatoms. The largest absolute Gasteiger partial charge is 0.466 e. The summed E-state index contributed by atoms with van der Waals surface area (Å²) in [5.74, 6) is -0.570. The minimum Gasteiger partial charge on any atom is -0.466 e. The second-order valence-electron chi connectivity index (χ2n) is 7.49. The average molecular weight is 459 g/mol. The molecule has 1 saturated heterocycles. The van der Waals surface area contributed by atoms with Crippen molar-refractivity contribution in [2.45, 2.75) is 29.6 Å². The predicted octanol–water partition coefficient (Wildman–Crippen LogP) is 4.50. The lowest BCUT2D eigenvalue weighted by Crippen LogP contribution is -2.40. The molecule has 1 aromatic heterocycles. The number of sulfone groups is 1. The Bertz CT molecular complexity index is 1210. The highest BCUT2D eigenvalue weighted by atomic mass is 35.5. The number of benzene rings is 2. The molecule has 0 radical (unpaired) electrons. The fraction of sp³-hybridized carbons (Fsp3) is 0.304. The molecule has 0 saturated carbocycles. The van der Waals surface area contributed by atoms with Crippen LogP contribution >= 0.6 is 11.6 Å². The van der Waals surface area contributed by atoms with Crippen LogP contribution in [0, 0.1) is 5.92 Å². The van der Waals surface area contributed by atoms with E-state index in [1.165, 1.54) is 6.20 Å². The molecule has 2 heterocycles. The van der Waals surface area contributed by atoms with Crippen LogP contribution in [0.5, 0.6) is 0 Å². The molecule has 3 aromatic rings. The van der Waals surface area contributed by atoms with Crippen molar-refractivity contribution >= 4 is 44.0 Å². The SMILES string of the molecule is CCOC(=O)[C@H]1CCCN(c2c(S(=O)(=O)c3ccccc3)cnc3ccc(Cl)cc23)C1. The second-order valence-corrected chi connectivity index (χ2v) is 9.84. The second kappa shape index (κ2) is 8.85. The monoisotopic (exact) mass is 458 g/mol. The minimum absolute atomic E-state index is 0.109. The first-order valence-electron chi connectivity index (χ1n) is 10.2. The molecule has 31 heavy (non-hydrogen) atoms. The van der Waals surface area contributed by atoms with Gasteiger partial charge in [0.15, 0.2) is 0 Å². The van der Waals surface area contributed by atoms with Crippen LogP contribution < -0.4 is 4.90 Å². The van der Waals surface area contributed by atoms with Gasteiger partial charge in [-0.05, 0) is 50.1 Å². The summed E-state index contributed by atoms with van der Waals surface area (Å²) in [7, 11) is -3.83. The van der Waals surface area contributed by atoms with E-state index in [0.717, 1.165) is 6.42 Å².